The Morgan fingerprint density at radius 2 is 1.88 bits per heavy atom. The number of nitrogens with zero attached hydrogens (tertiary/aromatic N) is 4. The summed E-state index contributed by atoms with van der Waals surface area (Å²) < 4.78 is 14.5. The zero-order valence-electron chi connectivity index (χ0n) is 15.1. The molecule has 2 aliphatic heterocycles. The molecule has 2 aliphatic rings. The normalized spacial score (nSPS) is 20.6. The van der Waals surface area contributed by atoms with Crippen LogP contribution in [0.1, 0.15) is 31.2 Å². The van der Waals surface area contributed by atoms with Crippen molar-refractivity contribution in [3.05, 3.63) is 47.9 Å². The number of aromatic nitrogens is 2. The minimum absolute atomic E-state index is 0.108. The van der Waals surface area contributed by atoms with Gasteiger partial charge in [0, 0.05) is 56.2 Å². The molecule has 1 atom stereocenters. The molecular weight excluding hydrogens is 329 g/mol. The fraction of sp³-hybridized carbons (Fsp3) is 0.500. The first-order valence-corrected chi connectivity index (χ1v) is 9.59. The van der Waals surface area contributed by atoms with E-state index >= 15 is 0 Å². The molecule has 1 aromatic carbocycles. The second-order valence-electron chi connectivity index (χ2n) is 7.18. The van der Waals surface area contributed by atoms with Crippen LogP contribution in [0.3, 0.4) is 0 Å². The summed E-state index contributed by atoms with van der Waals surface area (Å²) in [7, 11) is 0. The summed E-state index contributed by atoms with van der Waals surface area (Å²) in [6.45, 7) is 4.50. The molecule has 2 aromatic rings. The number of nitrogens with one attached hydrogen (secondary N) is 1. The molecule has 138 valence electrons. The molecule has 26 heavy (non-hydrogen) atoms. The molecule has 0 spiro atoms. The van der Waals surface area contributed by atoms with Gasteiger partial charge in [-0.15, -0.1) is 5.10 Å². The molecule has 5 nitrogen and oxygen atoms in total. The van der Waals surface area contributed by atoms with E-state index in [0.717, 1.165) is 56.1 Å². The van der Waals surface area contributed by atoms with Crippen molar-refractivity contribution in [1.29, 1.82) is 0 Å². The van der Waals surface area contributed by atoms with Gasteiger partial charge < -0.3 is 15.1 Å². The summed E-state index contributed by atoms with van der Waals surface area (Å²) in [6.07, 6.45) is 6.29. The Morgan fingerprint density at radius 1 is 1.04 bits per heavy atom. The van der Waals surface area contributed by atoms with Gasteiger partial charge in [-0.3, -0.25) is 0 Å². The van der Waals surface area contributed by atoms with Gasteiger partial charge in [0.05, 0.1) is 0 Å². The van der Waals surface area contributed by atoms with E-state index in [4.69, 9.17) is 0 Å². The van der Waals surface area contributed by atoms with E-state index in [-0.39, 0.29) is 5.82 Å². The van der Waals surface area contributed by atoms with Gasteiger partial charge in [0.2, 0.25) is 0 Å². The third kappa shape index (κ3) is 3.80. The van der Waals surface area contributed by atoms with E-state index in [0.29, 0.717) is 12.6 Å². The second-order valence-corrected chi connectivity index (χ2v) is 7.18. The lowest BCUT2D eigenvalue weighted by Gasteiger charge is -2.34. The standard InChI is InChI=1S/C20H26FN5/c21-18-7-3-8-19(25-11-1-2-12-25)17(18)14-22-16-6-5-13-26(15-16)20-9-4-10-23-24-20/h3-4,7-10,16,22H,1-2,5-6,11-15H2. The van der Waals surface area contributed by atoms with Crippen molar-refractivity contribution in [3.8, 4) is 0 Å². The molecule has 4 rings (SSSR count). The van der Waals surface area contributed by atoms with Gasteiger partial charge in [0.1, 0.15) is 5.82 Å². The Labute approximate surface area is 154 Å². The summed E-state index contributed by atoms with van der Waals surface area (Å²) in [5, 5.41) is 11.8. The van der Waals surface area contributed by atoms with Crippen molar-refractivity contribution >= 4 is 11.5 Å². The number of anilines is 2. The van der Waals surface area contributed by atoms with Crippen LogP contribution in [0, 0.1) is 5.82 Å². The minimum Gasteiger partial charge on any atom is -0.371 e. The molecule has 1 N–H and O–H groups in total. The molecule has 2 saturated heterocycles. The van der Waals surface area contributed by atoms with E-state index in [1.807, 2.05) is 18.2 Å². The first-order chi connectivity index (χ1) is 12.8. The Hall–Kier alpha value is -2.21. The highest BCUT2D eigenvalue weighted by atomic mass is 19.1. The monoisotopic (exact) mass is 355 g/mol. The van der Waals surface area contributed by atoms with Crippen LogP contribution in [0.15, 0.2) is 36.5 Å². The minimum atomic E-state index is -0.108. The smallest absolute Gasteiger partial charge is 0.151 e. The van der Waals surface area contributed by atoms with Gasteiger partial charge in [-0.25, -0.2) is 4.39 Å². The Kier molecular flexibility index (Phi) is 5.29. The number of hydrogen-bond donors (Lipinski definition) is 1. The Morgan fingerprint density at radius 3 is 2.69 bits per heavy atom. The highest BCUT2D eigenvalue weighted by molar-refractivity contribution is 5.55. The summed E-state index contributed by atoms with van der Waals surface area (Å²) in [4.78, 5) is 4.57. The maximum Gasteiger partial charge on any atom is 0.151 e. The lowest BCUT2D eigenvalue weighted by atomic mass is 10.0. The quantitative estimate of drug-likeness (QED) is 0.893. The first kappa shape index (κ1) is 17.2. The fourth-order valence-corrected chi connectivity index (χ4v) is 4.04. The first-order valence-electron chi connectivity index (χ1n) is 9.59. The molecule has 0 amide bonds. The predicted octanol–water partition coefficient (Wildman–Crippen LogP) is 2.97. The largest absolute Gasteiger partial charge is 0.371 e. The van der Waals surface area contributed by atoms with Crippen molar-refractivity contribution in [3.63, 3.8) is 0 Å². The van der Waals surface area contributed by atoms with E-state index in [1.165, 1.54) is 12.8 Å². The average molecular weight is 355 g/mol. The van der Waals surface area contributed by atoms with Gasteiger partial charge in [-0.2, -0.15) is 5.10 Å². The fourth-order valence-electron chi connectivity index (χ4n) is 4.04. The number of piperidine rings is 1. The van der Waals surface area contributed by atoms with Crippen LogP contribution >= 0.6 is 0 Å². The summed E-state index contributed by atoms with van der Waals surface area (Å²) >= 11 is 0. The Bertz CT molecular complexity index is 717. The van der Waals surface area contributed by atoms with E-state index in [9.17, 15) is 4.39 Å². The number of benzene rings is 1. The maximum absolute atomic E-state index is 14.5. The van der Waals surface area contributed by atoms with Crippen LogP contribution < -0.4 is 15.1 Å². The van der Waals surface area contributed by atoms with Gasteiger partial charge in [0.15, 0.2) is 5.82 Å². The van der Waals surface area contributed by atoms with Crippen LogP contribution in [0.2, 0.25) is 0 Å². The van der Waals surface area contributed by atoms with Crippen LogP contribution in [-0.4, -0.2) is 42.4 Å². The number of hydrogen-bond acceptors (Lipinski definition) is 5. The molecule has 0 aliphatic carbocycles. The molecular formula is C20H26FN5. The summed E-state index contributed by atoms with van der Waals surface area (Å²) in [5.41, 5.74) is 1.85. The van der Waals surface area contributed by atoms with Crippen molar-refractivity contribution in [1.82, 2.24) is 15.5 Å². The topological polar surface area (TPSA) is 44.3 Å². The lowest BCUT2D eigenvalue weighted by molar-refractivity contribution is 0.416. The average Bonchev–Trinajstić information content (AvgIpc) is 3.22. The third-order valence-corrected chi connectivity index (χ3v) is 5.41. The van der Waals surface area contributed by atoms with Crippen LogP contribution in [-0.2, 0) is 6.54 Å². The number of rotatable bonds is 5. The Balaban J connectivity index is 1.42. The highest BCUT2D eigenvalue weighted by Crippen LogP contribution is 2.27. The lowest BCUT2D eigenvalue weighted by Crippen LogP contribution is -2.46. The predicted molar refractivity (Wildman–Crippen MR) is 102 cm³/mol. The van der Waals surface area contributed by atoms with E-state index < -0.39 is 0 Å². The van der Waals surface area contributed by atoms with Crippen LogP contribution in [0.4, 0.5) is 15.9 Å². The molecule has 2 fully saturated rings. The van der Waals surface area contributed by atoms with Crippen molar-refractivity contribution in [2.24, 2.45) is 0 Å². The van der Waals surface area contributed by atoms with Crippen molar-refractivity contribution < 1.29 is 4.39 Å². The van der Waals surface area contributed by atoms with Crippen LogP contribution in [0.25, 0.3) is 0 Å². The van der Waals surface area contributed by atoms with Crippen molar-refractivity contribution in [2.45, 2.75) is 38.3 Å². The maximum atomic E-state index is 14.5. The molecule has 3 heterocycles. The summed E-state index contributed by atoms with van der Waals surface area (Å²) in [6, 6.07) is 9.69. The van der Waals surface area contributed by atoms with E-state index in [2.05, 4.69) is 31.4 Å². The third-order valence-electron chi connectivity index (χ3n) is 5.41. The highest BCUT2D eigenvalue weighted by Gasteiger charge is 2.23. The number of halogens is 1. The molecule has 0 bridgehead atoms. The second kappa shape index (κ2) is 7.99. The van der Waals surface area contributed by atoms with Gasteiger partial charge in [-0.1, -0.05) is 6.07 Å². The molecule has 0 radical (unpaired) electrons. The van der Waals surface area contributed by atoms with Gasteiger partial charge in [0.25, 0.3) is 0 Å². The molecule has 1 aromatic heterocycles. The van der Waals surface area contributed by atoms with Crippen LogP contribution in [0.5, 0.6) is 0 Å². The van der Waals surface area contributed by atoms with Gasteiger partial charge >= 0.3 is 0 Å². The van der Waals surface area contributed by atoms with Crippen molar-refractivity contribution in [2.75, 3.05) is 36.0 Å². The molecule has 1 unspecified atom stereocenters. The SMILES string of the molecule is Fc1cccc(N2CCCC2)c1CNC1CCCN(c2cccnn2)C1. The molecule has 6 heteroatoms. The summed E-state index contributed by atoms with van der Waals surface area (Å²) in [5.74, 6) is 0.811. The van der Waals surface area contributed by atoms with E-state index in [1.54, 1.807) is 12.3 Å². The zero-order chi connectivity index (χ0) is 17.8. The molecule has 0 saturated carbocycles. The zero-order valence-corrected chi connectivity index (χ0v) is 15.1. The van der Waals surface area contributed by atoms with Gasteiger partial charge in [-0.05, 0) is 49.9 Å².